The first-order valence-corrected chi connectivity index (χ1v) is 6.94. The Labute approximate surface area is 114 Å². The number of benzene rings is 1. The summed E-state index contributed by atoms with van der Waals surface area (Å²) < 4.78 is 5.36. The van der Waals surface area contributed by atoms with Crippen LogP contribution < -0.4 is 5.32 Å². The number of nitrogens with zero attached hydrogens (tertiary/aromatic N) is 1. The van der Waals surface area contributed by atoms with Gasteiger partial charge in [-0.25, -0.2) is 0 Å². The summed E-state index contributed by atoms with van der Waals surface area (Å²) in [5, 5.41) is 3.11. The molecule has 2 rings (SSSR count). The maximum atomic E-state index is 11.7. The third-order valence-corrected chi connectivity index (χ3v) is 3.40. The third kappa shape index (κ3) is 4.33. The number of morpholine rings is 1. The van der Waals surface area contributed by atoms with Crippen LogP contribution in [-0.2, 0) is 9.53 Å². The van der Waals surface area contributed by atoms with Gasteiger partial charge in [-0.05, 0) is 5.56 Å². The Hall–Kier alpha value is -1.39. The number of ether oxygens (including phenoxy) is 1. The monoisotopic (exact) mass is 262 g/mol. The summed E-state index contributed by atoms with van der Waals surface area (Å²) in [6.07, 6.45) is 0.520. The zero-order chi connectivity index (χ0) is 13.5. The van der Waals surface area contributed by atoms with Crippen molar-refractivity contribution in [1.29, 1.82) is 0 Å². The Balaban J connectivity index is 2.03. The van der Waals surface area contributed by atoms with Crippen LogP contribution in [0.3, 0.4) is 0 Å². The zero-order valence-electron chi connectivity index (χ0n) is 11.5. The molecule has 0 saturated carbocycles. The molecule has 1 saturated heterocycles. The summed E-state index contributed by atoms with van der Waals surface area (Å²) in [6, 6.07) is 10.2. The fraction of sp³-hybridized carbons (Fsp3) is 0.533. The number of hydrogen-bond acceptors (Lipinski definition) is 3. The van der Waals surface area contributed by atoms with Gasteiger partial charge < -0.3 is 10.1 Å². The first-order chi connectivity index (χ1) is 9.29. The van der Waals surface area contributed by atoms with Crippen molar-refractivity contribution in [1.82, 2.24) is 10.2 Å². The van der Waals surface area contributed by atoms with Crippen LogP contribution in [0.5, 0.6) is 0 Å². The first-order valence-electron chi connectivity index (χ1n) is 6.94. The highest BCUT2D eigenvalue weighted by atomic mass is 16.5. The molecule has 1 aliphatic heterocycles. The van der Waals surface area contributed by atoms with E-state index in [2.05, 4.69) is 22.3 Å². The standard InChI is InChI=1S/C15H22N2O2/c1-2-15(18)16-14(13-6-4-3-5-7-13)12-17-8-10-19-11-9-17/h3-7,14H,2,8-12H2,1H3,(H,16,18). The summed E-state index contributed by atoms with van der Waals surface area (Å²) in [5.41, 5.74) is 1.16. The number of carbonyl (C=O) groups excluding carboxylic acids is 1. The second-order valence-corrected chi connectivity index (χ2v) is 4.80. The third-order valence-electron chi connectivity index (χ3n) is 3.40. The summed E-state index contributed by atoms with van der Waals surface area (Å²) in [5.74, 6) is 0.0992. The molecule has 4 heteroatoms. The fourth-order valence-electron chi connectivity index (χ4n) is 2.26. The van der Waals surface area contributed by atoms with Crippen LogP contribution in [0, 0.1) is 0 Å². The Morgan fingerprint density at radius 2 is 2.00 bits per heavy atom. The van der Waals surface area contributed by atoms with Crippen molar-refractivity contribution >= 4 is 5.91 Å². The van der Waals surface area contributed by atoms with E-state index in [0.29, 0.717) is 6.42 Å². The summed E-state index contributed by atoms with van der Waals surface area (Å²) >= 11 is 0. The minimum absolute atomic E-state index is 0.0618. The van der Waals surface area contributed by atoms with Crippen molar-refractivity contribution in [3.05, 3.63) is 35.9 Å². The molecule has 1 N–H and O–H groups in total. The summed E-state index contributed by atoms with van der Waals surface area (Å²) in [4.78, 5) is 14.0. The number of hydrogen-bond donors (Lipinski definition) is 1. The number of carbonyl (C=O) groups is 1. The van der Waals surface area contributed by atoms with E-state index >= 15 is 0 Å². The molecule has 1 amide bonds. The lowest BCUT2D eigenvalue weighted by molar-refractivity contribution is -0.121. The highest BCUT2D eigenvalue weighted by Crippen LogP contribution is 2.15. The second kappa shape index (κ2) is 7.26. The molecule has 4 nitrogen and oxygen atoms in total. The van der Waals surface area contributed by atoms with Crippen LogP contribution in [-0.4, -0.2) is 43.7 Å². The Bertz CT molecular complexity index is 388. The number of rotatable bonds is 5. The van der Waals surface area contributed by atoms with E-state index in [9.17, 15) is 4.79 Å². The molecular formula is C15H22N2O2. The van der Waals surface area contributed by atoms with Crippen molar-refractivity contribution in [3.8, 4) is 0 Å². The minimum atomic E-state index is 0.0618. The molecule has 1 fully saturated rings. The SMILES string of the molecule is CCC(=O)NC(CN1CCOCC1)c1ccccc1. The van der Waals surface area contributed by atoms with Gasteiger partial charge in [-0.15, -0.1) is 0 Å². The fourth-order valence-corrected chi connectivity index (χ4v) is 2.26. The lowest BCUT2D eigenvalue weighted by Gasteiger charge is -2.31. The van der Waals surface area contributed by atoms with E-state index in [1.54, 1.807) is 0 Å². The van der Waals surface area contributed by atoms with Gasteiger partial charge in [0.1, 0.15) is 0 Å². The lowest BCUT2D eigenvalue weighted by Crippen LogP contribution is -2.43. The maximum Gasteiger partial charge on any atom is 0.220 e. The van der Waals surface area contributed by atoms with Crippen LogP contribution in [0.4, 0.5) is 0 Å². The van der Waals surface area contributed by atoms with Crippen molar-refractivity contribution in [2.24, 2.45) is 0 Å². The topological polar surface area (TPSA) is 41.6 Å². The first kappa shape index (κ1) is 14.0. The number of amides is 1. The van der Waals surface area contributed by atoms with Crippen molar-refractivity contribution in [2.75, 3.05) is 32.8 Å². The van der Waals surface area contributed by atoms with Gasteiger partial charge >= 0.3 is 0 Å². The van der Waals surface area contributed by atoms with E-state index in [1.165, 1.54) is 0 Å². The van der Waals surface area contributed by atoms with Gasteiger partial charge in [0, 0.05) is 26.1 Å². The van der Waals surface area contributed by atoms with Gasteiger partial charge in [0.15, 0.2) is 0 Å². The molecule has 0 radical (unpaired) electrons. The molecule has 0 aromatic heterocycles. The highest BCUT2D eigenvalue weighted by molar-refractivity contribution is 5.76. The van der Waals surface area contributed by atoms with Crippen molar-refractivity contribution in [2.45, 2.75) is 19.4 Å². The Kier molecular flexibility index (Phi) is 5.36. The molecular weight excluding hydrogens is 240 g/mol. The molecule has 1 aromatic rings. The van der Waals surface area contributed by atoms with Crippen LogP contribution >= 0.6 is 0 Å². The Morgan fingerprint density at radius 3 is 2.63 bits per heavy atom. The maximum absolute atomic E-state index is 11.7. The lowest BCUT2D eigenvalue weighted by atomic mass is 10.1. The Morgan fingerprint density at radius 1 is 1.32 bits per heavy atom. The van der Waals surface area contributed by atoms with Crippen LogP contribution in [0.15, 0.2) is 30.3 Å². The predicted octanol–water partition coefficient (Wildman–Crippen LogP) is 1.59. The molecule has 0 spiro atoms. The van der Waals surface area contributed by atoms with Crippen molar-refractivity contribution in [3.63, 3.8) is 0 Å². The largest absolute Gasteiger partial charge is 0.379 e. The van der Waals surface area contributed by atoms with Gasteiger partial charge in [-0.2, -0.15) is 0 Å². The average molecular weight is 262 g/mol. The molecule has 1 aliphatic rings. The zero-order valence-corrected chi connectivity index (χ0v) is 11.5. The molecule has 1 heterocycles. The van der Waals surface area contributed by atoms with Gasteiger partial charge in [0.2, 0.25) is 5.91 Å². The molecule has 0 aliphatic carbocycles. The minimum Gasteiger partial charge on any atom is -0.379 e. The predicted molar refractivity (Wildman–Crippen MR) is 74.9 cm³/mol. The van der Waals surface area contributed by atoms with Crippen molar-refractivity contribution < 1.29 is 9.53 Å². The van der Waals surface area contributed by atoms with Gasteiger partial charge in [-0.3, -0.25) is 9.69 Å². The van der Waals surface area contributed by atoms with Gasteiger partial charge in [0.05, 0.1) is 19.3 Å². The summed E-state index contributed by atoms with van der Waals surface area (Å²) in [7, 11) is 0. The smallest absolute Gasteiger partial charge is 0.220 e. The van der Waals surface area contributed by atoms with E-state index in [1.807, 2.05) is 25.1 Å². The van der Waals surface area contributed by atoms with E-state index < -0.39 is 0 Å². The normalized spacial score (nSPS) is 17.9. The molecule has 19 heavy (non-hydrogen) atoms. The quantitative estimate of drug-likeness (QED) is 0.876. The molecule has 104 valence electrons. The number of nitrogens with one attached hydrogen (secondary N) is 1. The molecule has 0 bridgehead atoms. The molecule has 1 atom stereocenters. The average Bonchev–Trinajstić information content (AvgIpc) is 2.48. The van der Waals surface area contributed by atoms with E-state index in [-0.39, 0.29) is 11.9 Å². The van der Waals surface area contributed by atoms with Crippen LogP contribution in [0.2, 0.25) is 0 Å². The highest BCUT2D eigenvalue weighted by Gasteiger charge is 2.19. The summed E-state index contributed by atoms with van der Waals surface area (Å²) in [6.45, 7) is 6.16. The van der Waals surface area contributed by atoms with Gasteiger partial charge in [0.25, 0.3) is 0 Å². The van der Waals surface area contributed by atoms with Gasteiger partial charge in [-0.1, -0.05) is 37.3 Å². The molecule has 1 unspecified atom stereocenters. The second-order valence-electron chi connectivity index (χ2n) is 4.80. The van der Waals surface area contributed by atoms with Crippen LogP contribution in [0.25, 0.3) is 0 Å². The van der Waals surface area contributed by atoms with Crippen LogP contribution in [0.1, 0.15) is 24.9 Å². The van der Waals surface area contributed by atoms with E-state index in [4.69, 9.17) is 4.74 Å². The van der Waals surface area contributed by atoms with E-state index in [0.717, 1.165) is 38.4 Å². The molecule has 1 aromatic carbocycles.